The Morgan fingerprint density at radius 2 is 1.62 bits per heavy atom. The number of hydrogen-bond acceptors (Lipinski definition) is 5. The van der Waals surface area contributed by atoms with Crippen LogP contribution in [0.25, 0.3) is 0 Å². The molecule has 5 heteroatoms. The highest BCUT2D eigenvalue weighted by atomic mass is 16.7. The SMILES string of the molecule is CO[C@@H]1[C@H](O)[C@@H](OC)[C@@H](O)O[C@@H]1C. The van der Waals surface area contributed by atoms with E-state index in [0.717, 1.165) is 0 Å². The van der Waals surface area contributed by atoms with Gasteiger partial charge in [0, 0.05) is 14.2 Å². The van der Waals surface area contributed by atoms with Crippen molar-refractivity contribution in [3.8, 4) is 0 Å². The van der Waals surface area contributed by atoms with Crippen molar-refractivity contribution >= 4 is 0 Å². The summed E-state index contributed by atoms with van der Waals surface area (Å²) in [7, 11) is 2.89. The highest BCUT2D eigenvalue weighted by Gasteiger charge is 2.43. The number of hydrogen-bond donors (Lipinski definition) is 2. The highest BCUT2D eigenvalue weighted by molar-refractivity contribution is 4.88. The van der Waals surface area contributed by atoms with Crippen LogP contribution in [0.2, 0.25) is 0 Å². The van der Waals surface area contributed by atoms with Crippen molar-refractivity contribution in [1.82, 2.24) is 0 Å². The molecular formula is C8H16O5. The average molecular weight is 192 g/mol. The lowest BCUT2D eigenvalue weighted by molar-refractivity contribution is -0.287. The molecule has 0 spiro atoms. The molecule has 0 aromatic carbocycles. The van der Waals surface area contributed by atoms with E-state index in [4.69, 9.17) is 14.2 Å². The van der Waals surface area contributed by atoms with Crippen LogP contribution in [0, 0.1) is 0 Å². The van der Waals surface area contributed by atoms with Gasteiger partial charge in [0.25, 0.3) is 0 Å². The minimum atomic E-state index is -1.10. The molecule has 0 unspecified atom stereocenters. The third-order valence-corrected chi connectivity index (χ3v) is 2.32. The molecule has 78 valence electrons. The minimum absolute atomic E-state index is 0.346. The molecule has 1 rings (SSSR count). The first kappa shape index (κ1) is 10.9. The van der Waals surface area contributed by atoms with Crippen LogP contribution in [0.3, 0.4) is 0 Å². The van der Waals surface area contributed by atoms with Crippen molar-refractivity contribution in [1.29, 1.82) is 0 Å². The van der Waals surface area contributed by atoms with Gasteiger partial charge in [-0.25, -0.2) is 0 Å². The quantitative estimate of drug-likeness (QED) is 0.594. The third kappa shape index (κ3) is 2.00. The predicted molar refractivity (Wildman–Crippen MR) is 44.2 cm³/mol. The molecule has 0 aromatic rings. The van der Waals surface area contributed by atoms with Crippen LogP contribution in [0.5, 0.6) is 0 Å². The van der Waals surface area contributed by atoms with Crippen molar-refractivity contribution < 1.29 is 24.4 Å². The fourth-order valence-corrected chi connectivity index (χ4v) is 1.59. The van der Waals surface area contributed by atoms with E-state index in [1.54, 1.807) is 6.92 Å². The smallest absolute Gasteiger partial charge is 0.184 e. The first-order valence-corrected chi connectivity index (χ1v) is 4.19. The van der Waals surface area contributed by atoms with E-state index in [1.807, 2.05) is 0 Å². The van der Waals surface area contributed by atoms with Crippen molar-refractivity contribution in [2.75, 3.05) is 14.2 Å². The number of aliphatic hydroxyl groups is 2. The average Bonchev–Trinajstić information content (AvgIpc) is 2.04. The number of ether oxygens (including phenoxy) is 3. The van der Waals surface area contributed by atoms with Crippen molar-refractivity contribution in [3.63, 3.8) is 0 Å². The molecule has 5 nitrogen and oxygen atoms in total. The second-order valence-electron chi connectivity index (χ2n) is 3.12. The maximum Gasteiger partial charge on any atom is 0.184 e. The van der Waals surface area contributed by atoms with Crippen molar-refractivity contribution in [3.05, 3.63) is 0 Å². The van der Waals surface area contributed by atoms with Gasteiger partial charge in [0.1, 0.15) is 18.3 Å². The lowest BCUT2D eigenvalue weighted by Crippen LogP contribution is -2.57. The fraction of sp³-hybridized carbons (Fsp3) is 1.00. The first-order chi connectivity index (χ1) is 6.11. The van der Waals surface area contributed by atoms with E-state index in [2.05, 4.69) is 0 Å². The monoisotopic (exact) mass is 192 g/mol. The maximum atomic E-state index is 9.68. The van der Waals surface area contributed by atoms with Gasteiger partial charge in [-0.1, -0.05) is 0 Å². The standard InChI is InChI=1S/C8H16O5/c1-4-6(11-2)5(9)7(12-3)8(10)13-4/h4-10H,1-3H3/t4-,5+,6+,7-,8+/m1/s1. The molecule has 5 atom stereocenters. The summed E-state index contributed by atoms with van der Waals surface area (Å²) < 4.78 is 15.0. The van der Waals surface area contributed by atoms with Crippen LogP contribution in [0.15, 0.2) is 0 Å². The topological polar surface area (TPSA) is 68.2 Å². The summed E-state index contributed by atoms with van der Waals surface area (Å²) in [4.78, 5) is 0. The molecule has 0 radical (unpaired) electrons. The fourth-order valence-electron chi connectivity index (χ4n) is 1.59. The Morgan fingerprint density at radius 3 is 2.08 bits per heavy atom. The normalized spacial score (nSPS) is 46.4. The van der Waals surface area contributed by atoms with Gasteiger partial charge in [-0.05, 0) is 6.92 Å². The summed E-state index contributed by atoms with van der Waals surface area (Å²) in [5.41, 5.74) is 0. The van der Waals surface area contributed by atoms with E-state index < -0.39 is 24.6 Å². The summed E-state index contributed by atoms with van der Waals surface area (Å²) in [5.74, 6) is 0. The van der Waals surface area contributed by atoms with Gasteiger partial charge >= 0.3 is 0 Å². The molecule has 1 saturated heterocycles. The van der Waals surface area contributed by atoms with Gasteiger partial charge in [0.2, 0.25) is 0 Å². The molecule has 1 fully saturated rings. The Labute approximate surface area is 77.2 Å². The minimum Gasteiger partial charge on any atom is -0.387 e. The molecule has 0 bridgehead atoms. The van der Waals surface area contributed by atoms with Gasteiger partial charge in [-0.2, -0.15) is 0 Å². The zero-order valence-corrected chi connectivity index (χ0v) is 8.01. The maximum absolute atomic E-state index is 9.68. The summed E-state index contributed by atoms with van der Waals surface area (Å²) in [5, 5.41) is 19.0. The lowest BCUT2D eigenvalue weighted by atomic mass is 10.00. The molecule has 0 saturated carbocycles. The van der Waals surface area contributed by atoms with E-state index in [1.165, 1.54) is 14.2 Å². The van der Waals surface area contributed by atoms with Crippen LogP contribution in [0.4, 0.5) is 0 Å². The predicted octanol–water partition coefficient (Wildman–Crippen LogP) is -0.886. The molecule has 1 aliphatic rings. The lowest BCUT2D eigenvalue weighted by Gasteiger charge is -2.40. The van der Waals surface area contributed by atoms with Crippen LogP contribution in [-0.4, -0.2) is 55.1 Å². The van der Waals surface area contributed by atoms with E-state index in [0.29, 0.717) is 0 Å². The number of rotatable bonds is 2. The molecule has 0 amide bonds. The number of aliphatic hydroxyl groups excluding tert-OH is 2. The molecule has 0 aliphatic carbocycles. The van der Waals surface area contributed by atoms with Gasteiger partial charge in [-0.3, -0.25) is 0 Å². The van der Waals surface area contributed by atoms with Gasteiger partial charge in [0.15, 0.2) is 6.29 Å². The van der Waals surface area contributed by atoms with Gasteiger partial charge in [0.05, 0.1) is 6.10 Å². The van der Waals surface area contributed by atoms with Crippen LogP contribution < -0.4 is 0 Å². The zero-order valence-electron chi connectivity index (χ0n) is 8.01. The van der Waals surface area contributed by atoms with Gasteiger partial charge in [-0.15, -0.1) is 0 Å². The second-order valence-corrected chi connectivity index (χ2v) is 3.12. The van der Waals surface area contributed by atoms with Crippen molar-refractivity contribution in [2.45, 2.75) is 37.6 Å². The molecular weight excluding hydrogens is 176 g/mol. The molecule has 2 N–H and O–H groups in total. The third-order valence-electron chi connectivity index (χ3n) is 2.32. The van der Waals surface area contributed by atoms with Crippen LogP contribution in [0.1, 0.15) is 6.92 Å². The number of methoxy groups -OCH3 is 2. The van der Waals surface area contributed by atoms with Crippen molar-refractivity contribution in [2.24, 2.45) is 0 Å². The molecule has 1 heterocycles. The highest BCUT2D eigenvalue weighted by Crippen LogP contribution is 2.23. The Balaban J connectivity index is 2.69. The molecule has 0 aromatic heterocycles. The summed E-state index contributed by atoms with van der Waals surface area (Å²) in [6.07, 6.45) is -3.52. The van der Waals surface area contributed by atoms with Gasteiger partial charge < -0.3 is 24.4 Å². The zero-order chi connectivity index (χ0) is 10.0. The van der Waals surface area contributed by atoms with E-state index >= 15 is 0 Å². The summed E-state index contributed by atoms with van der Waals surface area (Å²) in [6, 6.07) is 0. The Kier molecular flexibility index (Phi) is 3.63. The largest absolute Gasteiger partial charge is 0.387 e. The van der Waals surface area contributed by atoms with E-state index in [9.17, 15) is 10.2 Å². The Bertz CT molecular complexity index is 147. The van der Waals surface area contributed by atoms with E-state index in [-0.39, 0.29) is 6.10 Å². The Morgan fingerprint density at radius 1 is 1.08 bits per heavy atom. The summed E-state index contributed by atoms with van der Waals surface area (Å²) in [6.45, 7) is 1.73. The first-order valence-electron chi connectivity index (χ1n) is 4.19. The molecule has 13 heavy (non-hydrogen) atoms. The van der Waals surface area contributed by atoms with Crippen LogP contribution >= 0.6 is 0 Å². The Hall–Kier alpha value is -0.200. The summed E-state index contributed by atoms with van der Waals surface area (Å²) >= 11 is 0. The van der Waals surface area contributed by atoms with Crippen LogP contribution in [-0.2, 0) is 14.2 Å². The molecule has 1 aliphatic heterocycles. The second kappa shape index (κ2) is 4.34.